The predicted octanol–water partition coefficient (Wildman–Crippen LogP) is 6.02. The molecular formula is C56H99N7O12S. The summed E-state index contributed by atoms with van der Waals surface area (Å²) >= 11 is 1.34. The van der Waals surface area contributed by atoms with Gasteiger partial charge in [-0.25, -0.2) is 4.98 Å². The molecule has 19 nitrogen and oxygen atoms in total. The van der Waals surface area contributed by atoms with Gasteiger partial charge in [-0.3, -0.25) is 24.1 Å². The molecule has 8 atom stereocenters. The largest absolute Gasteiger partial charge is 0.508 e. The normalized spacial score (nSPS) is 14.9. The van der Waals surface area contributed by atoms with Crippen molar-refractivity contribution in [2.45, 2.75) is 138 Å². The number of ether oxygens (including phenoxy) is 7. The van der Waals surface area contributed by atoms with E-state index in [1.165, 1.54) is 11.3 Å². The topological polar surface area (TPSA) is 235 Å². The number of nitrogens with one attached hydrogen (secondary N) is 3. The van der Waals surface area contributed by atoms with E-state index >= 15 is 0 Å². The number of amides is 4. The molecule has 1 unspecified atom stereocenters. The van der Waals surface area contributed by atoms with Crippen LogP contribution < -0.4 is 21.7 Å². The Morgan fingerprint density at radius 2 is 1.25 bits per heavy atom. The summed E-state index contributed by atoms with van der Waals surface area (Å²) in [4.78, 5) is 64.9. The molecule has 0 aliphatic heterocycles. The number of nitrogens with two attached hydrogens (primary N) is 1. The molecule has 0 saturated heterocycles. The van der Waals surface area contributed by atoms with Crippen LogP contribution in [0.25, 0.3) is 0 Å². The van der Waals surface area contributed by atoms with Crippen molar-refractivity contribution in [3.8, 4) is 5.75 Å². The fourth-order valence-corrected chi connectivity index (χ4v) is 9.49. The molecule has 1 heterocycles. The molecule has 0 spiro atoms. The number of nitrogens with zero attached hydrogens (tertiary/aromatic N) is 3. The SMILES string of the molecule is CCCO[C@H](CC(C(C)C)N(CCC)C(=O)[C@@H](NC(=O)[C@@H]([C@@H](C)CC)N(C)C)[C@@H](C)CC)c1nc(C(=O)N[C@@H](Cc2ccc(O)cc2)C[C@H](C)C(=O)NCCOCCOCCOCCOCCOCCOCCN)cs1. The predicted molar refractivity (Wildman–Crippen MR) is 298 cm³/mol. The van der Waals surface area contributed by atoms with Gasteiger partial charge in [-0.1, -0.05) is 87.3 Å². The molecule has 0 bridgehead atoms. The lowest BCUT2D eigenvalue weighted by Crippen LogP contribution is -2.59. The van der Waals surface area contributed by atoms with Crippen LogP contribution in [0.1, 0.15) is 128 Å². The molecule has 2 rings (SSSR count). The zero-order valence-corrected chi connectivity index (χ0v) is 48.9. The summed E-state index contributed by atoms with van der Waals surface area (Å²) in [7, 11) is 3.81. The lowest BCUT2D eigenvalue weighted by molar-refractivity contribution is -0.143. The van der Waals surface area contributed by atoms with Gasteiger partial charge in [0.25, 0.3) is 5.91 Å². The molecule has 1 aromatic heterocycles. The molecular weight excluding hydrogens is 995 g/mol. The van der Waals surface area contributed by atoms with E-state index < -0.39 is 24.1 Å². The highest BCUT2D eigenvalue weighted by molar-refractivity contribution is 7.09. The van der Waals surface area contributed by atoms with E-state index in [9.17, 15) is 24.3 Å². The fraction of sp³-hybridized carbons (Fsp3) is 0.768. The third-order valence-corrected chi connectivity index (χ3v) is 14.2. The maximum atomic E-state index is 14.9. The minimum absolute atomic E-state index is 0.0330. The Balaban J connectivity index is 2.06. The Hall–Kier alpha value is -3.83. The highest BCUT2D eigenvalue weighted by atomic mass is 32.1. The number of phenols is 1. The number of likely N-dealkylation sites (N-methyl/N-ethyl adjacent to an activating group) is 1. The summed E-state index contributed by atoms with van der Waals surface area (Å²) < 4.78 is 39.4. The molecule has 436 valence electrons. The molecule has 0 aliphatic rings. The van der Waals surface area contributed by atoms with Crippen molar-refractivity contribution >= 4 is 35.0 Å². The number of aromatic hydroxyl groups is 1. The van der Waals surface area contributed by atoms with Gasteiger partial charge in [-0.05, 0) is 75.2 Å². The second-order valence-electron chi connectivity index (χ2n) is 20.1. The number of aromatic nitrogens is 1. The maximum Gasteiger partial charge on any atom is 0.270 e. The zero-order chi connectivity index (χ0) is 56.3. The van der Waals surface area contributed by atoms with Gasteiger partial charge in [0.1, 0.15) is 28.6 Å². The third-order valence-electron chi connectivity index (χ3n) is 13.2. The summed E-state index contributed by atoms with van der Waals surface area (Å²) in [5, 5.41) is 21.6. The summed E-state index contributed by atoms with van der Waals surface area (Å²) in [5.41, 5.74) is 6.49. The Morgan fingerprint density at radius 3 is 1.75 bits per heavy atom. The van der Waals surface area contributed by atoms with Crippen molar-refractivity contribution in [1.82, 2.24) is 30.7 Å². The first-order valence-electron chi connectivity index (χ1n) is 27.9. The third kappa shape index (κ3) is 26.7. The van der Waals surface area contributed by atoms with Crippen LogP contribution in [-0.2, 0) is 54.0 Å². The molecule has 0 fully saturated rings. The van der Waals surface area contributed by atoms with Gasteiger partial charge in [0.15, 0.2) is 0 Å². The smallest absolute Gasteiger partial charge is 0.270 e. The maximum absolute atomic E-state index is 14.9. The van der Waals surface area contributed by atoms with Gasteiger partial charge in [0.05, 0.1) is 85.3 Å². The second-order valence-corrected chi connectivity index (χ2v) is 21.0. The van der Waals surface area contributed by atoms with Gasteiger partial charge >= 0.3 is 0 Å². The first kappa shape index (κ1) is 68.3. The highest BCUT2D eigenvalue weighted by Crippen LogP contribution is 2.32. The van der Waals surface area contributed by atoms with Gasteiger partial charge in [-0.15, -0.1) is 11.3 Å². The van der Waals surface area contributed by atoms with Gasteiger partial charge in [-0.2, -0.15) is 0 Å². The quantitative estimate of drug-likeness (QED) is 0.0478. The van der Waals surface area contributed by atoms with E-state index in [2.05, 4.69) is 50.6 Å². The average molecular weight is 1090 g/mol. The zero-order valence-electron chi connectivity index (χ0n) is 48.1. The molecule has 2 aromatic rings. The number of thiazole rings is 1. The van der Waals surface area contributed by atoms with Crippen LogP contribution in [0.4, 0.5) is 0 Å². The second kappa shape index (κ2) is 40.4. The van der Waals surface area contributed by atoms with Crippen molar-refractivity contribution in [3.63, 3.8) is 0 Å². The van der Waals surface area contributed by atoms with Crippen molar-refractivity contribution in [1.29, 1.82) is 0 Å². The van der Waals surface area contributed by atoms with Crippen LogP contribution in [0, 0.1) is 23.7 Å². The standard InChI is InChI=1S/C56H99N7O12S/c1-12-22-63(56(68)50(41(7)14-3)61-54(67)51(62(10)11)42(8)15-4)48(40(5)6)38-49(75-23-13-2)55-60-47(39-76-55)53(66)59-45(37-44-16-18-46(64)19-17-44)36-43(9)52(65)58-21-25-70-27-29-72-31-33-74-35-34-73-32-30-71-28-26-69-24-20-57/h16-19,39-43,45,48-51,64H,12-15,20-38,57H2,1-11H3,(H,58,65)(H,59,66)(H,61,67)/t41-,42-,43-,45+,48?,49+,50-,51+/m0/s1. The minimum atomic E-state index is -0.707. The van der Waals surface area contributed by atoms with Gasteiger partial charge < -0.3 is 64.8 Å². The molecule has 1 aromatic carbocycles. The van der Waals surface area contributed by atoms with Crippen molar-refractivity contribution in [2.75, 3.05) is 120 Å². The number of hydrogen-bond donors (Lipinski definition) is 5. The number of carbonyl (C=O) groups excluding carboxylic acids is 4. The Bertz CT molecular complexity index is 1860. The van der Waals surface area contributed by atoms with E-state index in [1.54, 1.807) is 29.6 Å². The van der Waals surface area contributed by atoms with Crippen LogP contribution >= 0.6 is 11.3 Å². The number of phenolic OH excluding ortho intramolecular Hbond substituents is 1. The lowest BCUT2D eigenvalue weighted by Gasteiger charge is -2.40. The molecule has 4 amide bonds. The molecule has 0 aliphatic carbocycles. The van der Waals surface area contributed by atoms with Crippen molar-refractivity contribution < 1.29 is 57.4 Å². The minimum Gasteiger partial charge on any atom is -0.508 e. The summed E-state index contributed by atoms with van der Waals surface area (Å²) in [6, 6.07) is 5.00. The fourth-order valence-electron chi connectivity index (χ4n) is 8.63. The number of carbonyl (C=O) groups is 4. The van der Waals surface area contributed by atoms with E-state index in [-0.39, 0.29) is 64.9 Å². The van der Waals surface area contributed by atoms with E-state index in [4.69, 9.17) is 43.9 Å². The Labute approximate surface area is 459 Å². The average Bonchev–Trinajstić information content (AvgIpc) is 3.90. The van der Waals surface area contributed by atoms with Crippen LogP contribution in [0.2, 0.25) is 0 Å². The molecule has 20 heteroatoms. The van der Waals surface area contributed by atoms with Crippen molar-refractivity contribution in [2.24, 2.45) is 29.4 Å². The first-order valence-corrected chi connectivity index (χ1v) is 28.8. The van der Waals surface area contributed by atoms with Crippen molar-refractivity contribution in [3.05, 3.63) is 45.9 Å². The summed E-state index contributed by atoms with van der Waals surface area (Å²) in [6.07, 6.45) is 3.71. The van der Waals surface area contributed by atoms with Gasteiger partial charge in [0, 0.05) is 56.0 Å². The van der Waals surface area contributed by atoms with Crippen LogP contribution in [-0.4, -0.2) is 187 Å². The number of benzene rings is 1. The summed E-state index contributed by atoms with van der Waals surface area (Å²) in [5.74, 6) is -1.10. The van der Waals surface area contributed by atoms with Crippen LogP contribution in [0.3, 0.4) is 0 Å². The summed E-state index contributed by atoms with van der Waals surface area (Å²) in [6.45, 7) is 25.4. The number of rotatable bonds is 45. The Morgan fingerprint density at radius 1 is 0.697 bits per heavy atom. The highest BCUT2D eigenvalue weighted by Gasteiger charge is 2.38. The van der Waals surface area contributed by atoms with Crippen LogP contribution in [0.5, 0.6) is 5.75 Å². The van der Waals surface area contributed by atoms with E-state index in [0.29, 0.717) is 136 Å². The molecule has 0 saturated carbocycles. The first-order chi connectivity index (χ1) is 36.5. The van der Waals surface area contributed by atoms with E-state index in [0.717, 1.165) is 24.8 Å². The lowest BCUT2D eigenvalue weighted by atomic mass is 9.91. The number of hydrogen-bond acceptors (Lipinski definition) is 16. The monoisotopic (exact) mass is 1090 g/mol. The molecule has 6 N–H and O–H groups in total. The van der Waals surface area contributed by atoms with Crippen LogP contribution in [0.15, 0.2) is 29.6 Å². The van der Waals surface area contributed by atoms with E-state index in [1.807, 2.05) is 51.6 Å². The Kier molecular flexibility index (Phi) is 36.3. The molecule has 0 radical (unpaired) electrons. The molecule has 76 heavy (non-hydrogen) atoms. The van der Waals surface area contributed by atoms with Gasteiger partial charge in [0.2, 0.25) is 17.7 Å².